The van der Waals surface area contributed by atoms with E-state index in [0.717, 1.165) is 48.5 Å². The number of hydrogen-bond acceptors (Lipinski definition) is 6. The van der Waals surface area contributed by atoms with Crippen LogP contribution in [0.3, 0.4) is 0 Å². The molecule has 4 aromatic rings. The number of H-pyrrole nitrogens is 2. The Morgan fingerprint density at radius 2 is 1.42 bits per heavy atom. The van der Waals surface area contributed by atoms with Crippen molar-refractivity contribution in [3.8, 4) is 11.4 Å². The van der Waals surface area contributed by atoms with Gasteiger partial charge in [0.15, 0.2) is 0 Å². The molecule has 4 heterocycles. The second-order valence-electron chi connectivity index (χ2n) is 10.9. The fraction of sp³-hybridized carbons (Fsp3) is 0.344. The molecule has 0 bridgehead atoms. The summed E-state index contributed by atoms with van der Waals surface area (Å²) in [5, 5.41) is 2.69. The third kappa shape index (κ3) is 6.01. The first kappa shape index (κ1) is 28.2. The van der Waals surface area contributed by atoms with Crippen LogP contribution < -0.4 is 5.32 Å². The quantitative estimate of drug-likeness (QED) is 0.281. The third-order valence-electron chi connectivity index (χ3n) is 8.25. The summed E-state index contributed by atoms with van der Waals surface area (Å²) in [6.07, 6.45) is 6.53. The summed E-state index contributed by atoms with van der Waals surface area (Å²) in [6.45, 7) is 1.26. The van der Waals surface area contributed by atoms with Crippen LogP contribution >= 0.6 is 0 Å². The zero-order valence-electron chi connectivity index (χ0n) is 24.0. The maximum Gasteiger partial charge on any atom is 0.407 e. The van der Waals surface area contributed by atoms with Gasteiger partial charge in [-0.1, -0.05) is 60.7 Å². The van der Waals surface area contributed by atoms with Gasteiger partial charge in [0.2, 0.25) is 5.91 Å². The van der Waals surface area contributed by atoms with Crippen LogP contribution in [0.15, 0.2) is 73.1 Å². The van der Waals surface area contributed by atoms with Crippen molar-refractivity contribution >= 4 is 17.9 Å². The van der Waals surface area contributed by atoms with E-state index in [0.29, 0.717) is 30.9 Å². The summed E-state index contributed by atoms with van der Waals surface area (Å²) in [7, 11) is 1.28. The summed E-state index contributed by atoms with van der Waals surface area (Å²) in [5.74, 6) is 1.30. The number of carbonyl (C=O) groups is 3. The van der Waals surface area contributed by atoms with E-state index < -0.39 is 12.1 Å². The largest absolute Gasteiger partial charge is 0.453 e. The van der Waals surface area contributed by atoms with Crippen LogP contribution in [0.1, 0.15) is 66.6 Å². The number of likely N-dealkylation sites (tertiary alicyclic amines) is 2. The number of aromatic nitrogens is 4. The van der Waals surface area contributed by atoms with Crippen molar-refractivity contribution in [1.29, 1.82) is 0 Å². The van der Waals surface area contributed by atoms with Gasteiger partial charge in [-0.25, -0.2) is 14.8 Å². The number of aromatic amines is 2. The van der Waals surface area contributed by atoms with Gasteiger partial charge in [-0.3, -0.25) is 9.59 Å². The van der Waals surface area contributed by atoms with Gasteiger partial charge in [-0.2, -0.15) is 0 Å². The van der Waals surface area contributed by atoms with E-state index in [1.165, 1.54) is 7.11 Å². The first-order valence-electron chi connectivity index (χ1n) is 14.7. The molecule has 2 aliphatic heterocycles. The molecule has 3 atom stereocenters. The second kappa shape index (κ2) is 12.5. The highest BCUT2D eigenvalue weighted by Crippen LogP contribution is 2.35. The molecule has 2 fully saturated rings. The Morgan fingerprint density at radius 3 is 2.02 bits per heavy atom. The van der Waals surface area contributed by atoms with Crippen molar-refractivity contribution < 1.29 is 19.1 Å². The molecule has 43 heavy (non-hydrogen) atoms. The number of benzene rings is 2. The molecular formula is C32H35N7O4. The number of hydrogen-bond donors (Lipinski definition) is 3. The molecule has 3 N–H and O–H groups in total. The smallest absolute Gasteiger partial charge is 0.407 e. The normalized spacial score (nSPS) is 18.9. The lowest BCUT2D eigenvalue weighted by Gasteiger charge is -2.28. The average molecular weight is 582 g/mol. The lowest BCUT2D eigenvalue weighted by Crippen LogP contribution is -2.42. The number of nitrogens with zero attached hydrogens (tertiary/aromatic N) is 4. The number of amides is 3. The molecule has 2 saturated heterocycles. The van der Waals surface area contributed by atoms with Gasteiger partial charge in [0, 0.05) is 13.1 Å². The number of methoxy groups -OCH3 is 1. The van der Waals surface area contributed by atoms with Gasteiger partial charge in [-0.15, -0.1) is 0 Å². The van der Waals surface area contributed by atoms with E-state index in [-0.39, 0.29) is 23.9 Å². The Balaban J connectivity index is 1.17. The van der Waals surface area contributed by atoms with Crippen LogP contribution in [-0.2, 0) is 20.7 Å². The van der Waals surface area contributed by atoms with Crippen LogP contribution in [0.4, 0.5) is 4.79 Å². The minimum Gasteiger partial charge on any atom is -0.453 e. The highest BCUT2D eigenvalue weighted by molar-refractivity contribution is 5.87. The molecule has 2 aromatic carbocycles. The number of rotatable bonds is 8. The molecule has 2 aliphatic rings. The SMILES string of the molecule is COC(=O)N[C@@H](C(=O)N1CCC[C@H]1c1ncc(-c2cnc([C@@H]3CCCN3C(=O)Cc3ccccc3)[nH]2)[nH]1)c1ccccc1. The number of carbonyl (C=O) groups excluding carboxylic acids is 3. The highest BCUT2D eigenvalue weighted by Gasteiger charge is 2.37. The predicted molar refractivity (Wildman–Crippen MR) is 158 cm³/mol. The maximum atomic E-state index is 13.8. The first-order valence-corrected chi connectivity index (χ1v) is 14.7. The molecule has 0 radical (unpaired) electrons. The number of ether oxygens (including phenoxy) is 1. The lowest BCUT2D eigenvalue weighted by molar-refractivity contribution is -0.134. The maximum absolute atomic E-state index is 13.8. The van der Waals surface area contributed by atoms with Crippen molar-refractivity contribution in [3.63, 3.8) is 0 Å². The van der Waals surface area contributed by atoms with E-state index in [2.05, 4.69) is 25.3 Å². The minimum absolute atomic E-state index is 0.0944. The minimum atomic E-state index is -0.877. The van der Waals surface area contributed by atoms with Crippen LogP contribution in [0, 0.1) is 0 Å². The fourth-order valence-electron chi connectivity index (χ4n) is 6.10. The zero-order chi connectivity index (χ0) is 29.8. The predicted octanol–water partition coefficient (Wildman–Crippen LogP) is 4.47. The molecule has 6 rings (SSSR count). The zero-order valence-corrected chi connectivity index (χ0v) is 24.0. The molecule has 0 spiro atoms. The van der Waals surface area contributed by atoms with Crippen LogP contribution in [0.5, 0.6) is 0 Å². The standard InChI is InChI=1S/C32H35N7O4/c1-43-32(42)37-28(22-12-6-3-7-13-22)31(41)39-17-9-15-26(39)30-34-20-24(36-30)23-19-33-29(35-23)25-14-8-16-38(25)27(40)18-21-10-4-2-5-11-21/h2-7,10-13,19-20,25-26,28H,8-9,14-18H2,1H3,(H,33,35)(H,34,36)(H,37,42)/t25-,26-,28+/m0/s1. The fourth-order valence-corrected chi connectivity index (χ4v) is 6.10. The van der Waals surface area contributed by atoms with Crippen molar-refractivity contribution in [1.82, 2.24) is 35.1 Å². The van der Waals surface area contributed by atoms with E-state index in [1.807, 2.05) is 65.6 Å². The van der Waals surface area contributed by atoms with E-state index in [1.54, 1.807) is 17.3 Å². The Morgan fingerprint density at radius 1 is 0.860 bits per heavy atom. The summed E-state index contributed by atoms with van der Waals surface area (Å²) in [4.78, 5) is 58.8. The third-order valence-corrected chi connectivity index (χ3v) is 8.25. The average Bonchev–Trinajstić information content (AvgIpc) is 3.86. The molecule has 0 unspecified atom stereocenters. The Kier molecular flexibility index (Phi) is 8.21. The van der Waals surface area contributed by atoms with Gasteiger partial charge in [0.05, 0.1) is 49.4 Å². The van der Waals surface area contributed by atoms with Crippen molar-refractivity contribution in [2.75, 3.05) is 20.2 Å². The van der Waals surface area contributed by atoms with Gasteiger partial charge in [-0.05, 0) is 36.8 Å². The Labute approximate surface area is 249 Å². The number of nitrogens with one attached hydrogen (secondary N) is 3. The monoisotopic (exact) mass is 581 g/mol. The van der Waals surface area contributed by atoms with Crippen molar-refractivity contribution in [3.05, 3.63) is 95.8 Å². The topological polar surface area (TPSA) is 136 Å². The van der Waals surface area contributed by atoms with Crippen LogP contribution in [-0.4, -0.2) is 67.8 Å². The van der Waals surface area contributed by atoms with Gasteiger partial charge >= 0.3 is 6.09 Å². The van der Waals surface area contributed by atoms with Gasteiger partial charge in [0.1, 0.15) is 17.7 Å². The summed E-state index contributed by atoms with van der Waals surface area (Å²) < 4.78 is 4.79. The number of alkyl carbamates (subject to hydrolysis) is 1. The van der Waals surface area contributed by atoms with Gasteiger partial charge in [0.25, 0.3) is 5.91 Å². The second-order valence-corrected chi connectivity index (χ2v) is 10.9. The van der Waals surface area contributed by atoms with Crippen molar-refractivity contribution in [2.45, 2.75) is 50.2 Å². The molecule has 222 valence electrons. The highest BCUT2D eigenvalue weighted by atomic mass is 16.5. The van der Waals surface area contributed by atoms with E-state index in [9.17, 15) is 14.4 Å². The van der Waals surface area contributed by atoms with Crippen LogP contribution in [0.2, 0.25) is 0 Å². The van der Waals surface area contributed by atoms with E-state index in [4.69, 9.17) is 4.74 Å². The van der Waals surface area contributed by atoms with Gasteiger partial charge < -0.3 is 29.8 Å². The first-order chi connectivity index (χ1) is 21.0. The molecule has 0 aliphatic carbocycles. The summed E-state index contributed by atoms with van der Waals surface area (Å²) >= 11 is 0. The van der Waals surface area contributed by atoms with Crippen LogP contribution in [0.25, 0.3) is 11.4 Å². The molecule has 11 heteroatoms. The van der Waals surface area contributed by atoms with Crippen molar-refractivity contribution in [2.24, 2.45) is 0 Å². The summed E-state index contributed by atoms with van der Waals surface area (Å²) in [6, 6.07) is 17.7. The van der Waals surface area contributed by atoms with E-state index >= 15 is 0 Å². The molecule has 11 nitrogen and oxygen atoms in total. The molecule has 0 saturated carbocycles. The molecule has 3 amide bonds. The summed E-state index contributed by atoms with van der Waals surface area (Å²) in [5.41, 5.74) is 3.19. The molecular weight excluding hydrogens is 546 g/mol. The Hall–Kier alpha value is -4.93. The number of imidazole rings is 2. The molecule has 2 aromatic heterocycles. The lowest BCUT2D eigenvalue weighted by atomic mass is 10.1. The Bertz CT molecular complexity index is 1570.